The van der Waals surface area contributed by atoms with Gasteiger partial charge in [-0.2, -0.15) is 0 Å². The molecule has 3 heteroatoms. The number of carbonyl (C=O) groups excluding carboxylic acids is 1. The number of hydrogen-bond acceptors (Lipinski definition) is 2. The third kappa shape index (κ3) is 2.73. The number of rotatable bonds is 4. The lowest BCUT2D eigenvalue weighted by Crippen LogP contribution is -2.33. The molecule has 1 heterocycles. The first-order valence-corrected chi connectivity index (χ1v) is 6.81. The van der Waals surface area contributed by atoms with Gasteiger partial charge in [-0.25, -0.2) is 0 Å². The zero-order valence-corrected chi connectivity index (χ0v) is 11.3. The van der Waals surface area contributed by atoms with Crippen LogP contribution in [0.25, 0.3) is 0 Å². The maximum atomic E-state index is 12.1. The quantitative estimate of drug-likeness (QED) is 0.865. The number of hydrogen-bond donors (Lipinski definition) is 1. The Morgan fingerprint density at radius 3 is 1.85 bits per heavy atom. The van der Waals surface area contributed by atoms with Crippen molar-refractivity contribution in [3.8, 4) is 0 Å². The summed E-state index contributed by atoms with van der Waals surface area (Å²) in [4.78, 5) is 12.1. The summed E-state index contributed by atoms with van der Waals surface area (Å²) < 4.78 is 5.24. The lowest BCUT2D eigenvalue weighted by atomic mass is 9.98. The molecule has 102 valence electrons. The summed E-state index contributed by atoms with van der Waals surface area (Å²) in [5, 5.41) is 3.08. The molecule has 3 rings (SSSR count). The molecule has 0 unspecified atom stereocenters. The monoisotopic (exact) mass is 267 g/mol. The van der Waals surface area contributed by atoms with Crippen LogP contribution in [-0.4, -0.2) is 18.1 Å². The van der Waals surface area contributed by atoms with Crippen LogP contribution in [0.15, 0.2) is 60.7 Å². The number of ether oxygens (including phenoxy) is 1. The Labute approximate surface area is 118 Å². The molecular weight excluding hydrogens is 250 g/mol. The van der Waals surface area contributed by atoms with E-state index in [1.807, 2.05) is 67.6 Å². The van der Waals surface area contributed by atoms with Crippen molar-refractivity contribution >= 4 is 5.91 Å². The van der Waals surface area contributed by atoms with Gasteiger partial charge in [0.1, 0.15) is 0 Å². The molecule has 2 aromatic carbocycles. The standard InChI is InChI=1S/C17H17NO2/c1-12-16(20-12)17(19)18-15(13-8-4-2-5-9-13)14-10-6-3-7-11-14/h2-12,15-16H,1H3,(H,18,19)/t12-,16-/m1/s1. The molecule has 0 radical (unpaired) electrons. The van der Waals surface area contributed by atoms with Crippen molar-refractivity contribution in [2.45, 2.75) is 25.2 Å². The number of benzene rings is 2. The molecule has 1 saturated heterocycles. The highest BCUT2D eigenvalue weighted by atomic mass is 16.6. The van der Waals surface area contributed by atoms with Crippen molar-refractivity contribution in [2.75, 3.05) is 0 Å². The predicted molar refractivity (Wildman–Crippen MR) is 77.2 cm³/mol. The van der Waals surface area contributed by atoms with Crippen LogP contribution in [0.1, 0.15) is 24.1 Å². The van der Waals surface area contributed by atoms with E-state index in [0.717, 1.165) is 11.1 Å². The number of amides is 1. The number of nitrogens with one attached hydrogen (secondary N) is 1. The maximum absolute atomic E-state index is 12.1. The number of epoxide rings is 1. The van der Waals surface area contributed by atoms with Gasteiger partial charge in [0.25, 0.3) is 5.91 Å². The second-order valence-electron chi connectivity index (χ2n) is 5.02. The van der Waals surface area contributed by atoms with Crippen LogP contribution in [-0.2, 0) is 9.53 Å². The molecule has 1 amide bonds. The van der Waals surface area contributed by atoms with Gasteiger partial charge in [0.15, 0.2) is 6.10 Å². The molecule has 20 heavy (non-hydrogen) atoms. The predicted octanol–water partition coefficient (Wildman–Crippen LogP) is 2.68. The Balaban J connectivity index is 1.86. The van der Waals surface area contributed by atoms with Gasteiger partial charge in [-0.1, -0.05) is 60.7 Å². The van der Waals surface area contributed by atoms with Crippen LogP contribution in [0.5, 0.6) is 0 Å². The zero-order chi connectivity index (χ0) is 13.9. The minimum atomic E-state index is -0.301. The molecular formula is C17H17NO2. The van der Waals surface area contributed by atoms with E-state index in [0.29, 0.717) is 0 Å². The van der Waals surface area contributed by atoms with Crippen molar-refractivity contribution in [2.24, 2.45) is 0 Å². The molecule has 1 aliphatic rings. The van der Waals surface area contributed by atoms with Gasteiger partial charge < -0.3 is 10.1 Å². The third-order valence-electron chi connectivity index (χ3n) is 3.52. The molecule has 2 aromatic rings. The molecule has 1 fully saturated rings. The van der Waals surface area contributed by atoms with E-state index in [2.05, 4.69) is 5.32 Å². The van der Waals surface area contributed by atoms with Crippen LogP contribution >= 0.6 is 0 Å². The highest BCUT2D eigenvalue weighted by Crippen LogP contribution is 2.25. The average molecular weight is 267 g/mol. The average Bonchev–Trinajstić information content (AvgIpc) is 3.23. The summed E-state index contributed by atoms with van der Waals surface area (Å²) in [6.07, 6.45) is -0.271. The largest absolute Gasteiger partial charge is 0.359 e. The van der Waals surface area contributed by atoms with Gasteiger partial charge in [0, 0.05) is 0 Å². The molecule has 3 nitrogen and oxygen atoms in total. The maximum Gasteiger partial charge on any atom is 0.252 e. The van der Waals surface area contributed by atoms with Gasteiger partial charge in [-0.05, 0) is 18.1 Å². The topological polar surface area (TPSA) is 41.6 Å². The van der Waals surface area contributed by atoms with Crippen LogP contribution in [0.2, 0.25) is 0 Å². The van der Waals surface area contributed by atoms with Gasteiger partial charge in [-0.15, -0.1) is 0 Å². The highest BCUT2D eigenvalue weighted by molar-refractivity contribution is 5.84. The second-order valence-corrected chi connectivity index (χ2v) is 5.02. The van der Waals surface area contributed by atoms with Crippen LogP contribution in [0.3, 0.4) is 0 Å². The van der Waals surface area contributed by atoms with Gasteiger partial charge in [0.2, 0.25) is 0 Å². The highest BCUT2D eigenvalue weighted by Gasteiger charge is 2.41. The van der Waals surface area contributed by atoms with E-state index in [-0.39, 0.29) is 24.2 Å². The Bertz CT molecular complexity index is 543. The Morgan fingerprint density at radius 2 is 1.45 bits per heavy atom. The fourth-order valence-electron chi connectivity index (χ4n) is 2.34. The lowest BCUT2D eigenvalue weighted by molar-refractivity contribution is -0.122. The lowest BCUT2D eigenvalue weighted by Gasteiger charge is -2.19. The van der Waals surface area contributed by atoms with Gasteiger partial charge in [-0.3, -0.25) is 4.79 Å². The molecule has 2 atom stereocenters. The summed E-state index contributed by atoms with van der Waals surface area (Å²) in [5.74, 6) is -0.0461. The van der Waals surface area contributed by atoms with Crippen molar-refractivity contribution in [1.29, 1.82) is 0 Å². The Morgan fingerprint density at radius 1 is 1.00 bits per heavy atom. The first kappa shape index (κ1) is 12.9. The normalized spacial score (nSPS) is 20.7. The summed E-state index contributed by atoms with van der Waals surface area (Å²) in [6, 6.07) is 19.8. The third-order valence-corrected chi connectivity index (χ3v) is 3.52. The summed E-state index contributed by atoms with van der Waals surface area (Å²) in [5.41, 5.74) is 2.14. The summed E-state index contributed by atoms with van der Waals surface area (Å²) in [6.45, 7) is 1.91. The summed E-state index contributed by atoms with van der Waals surface area (Å²) >= 11 is 0. The first-order valence-electron chi connectivity index (χ1n) is 6.81. The van der Waals surface area contributed by atoms with Gasteiger partial charge >= 0.3 is 0 Å². The molecule has 0 saturated carbocycles. The van der Waals surface area contributed by atoms with E-state index in [9.17, 15) is 4.79 Å². The Hall–Kier alpha value is -2.13. The van der Waals surface area contributed by atoms with Crippen LogP contribution in [0.4, 0.5) is 0 Å². The van der Waals surface area contributed by atoms with E-state index in [1.54, 1.807) is 0 Å². The molecule has 0 aliphatic carbocycles. The van der Waals surface area contributed by atoms with Crippen molar-refractivity contribution in [1.82, 2.24) is 5.32 Å². The van der Waals surface area contributed by atoms with E-state index < -0.39 is 0 Å². The number of carbonyl (C=O) groups is 1. The van der Waals surface area contributed by atoms with E-state index in [1.165, 1.54) is 0 Å². The zero-order valence-electron chi connectivity index (χ0n) is 11.3. The smallest absolute Gasteiger partial charge is 0.252 e. The molecule has 1 N–H and O–H groups in total. The first-order chi connectivity index (χ1) is 9.75. The minimum absolute atomic E-state index is 0.0298. The fourth-order valence-corrected chi connectivity index (χ4v) is 2.34. The van der Waals surface area contributed by atoms with Crippen LogP contribution in [0, 0.1) is 0 Å². The van der Waals surface area contributed by atoms with Crippen LogP contribution < -0.4 is 5.32 Å². The molecule has 0 spiro atoms. The fraction of sp³-hybridized carbons (Fsp3) is 0.235. The minimum Gasteiger partial charge on any atom is -0.359 e. The Kier molecular flexibility index (Phi) is 3.52. The van der Waals surface area contributed by atoms with Crippen molar-refractivity contribution < 1.29 is 9.53 Å². The van der Waals surface area contributed by atoms with Gasteiger partial charge in [0.05, 0.1) is 12.1 Å². The summed E-state index contributed by atoms with van der Waals surface area (Å²) in [7, 11) is 0. The molecule has 0 aromatic heterocycles. The molecule has 1 aliphatic heterocycles. The van der Waals surface area contributed by atoms with Crippen molar-refractivity contribution in [3.63, 3.8) is 0 Å². The second kappa shape index (κ2) is 5.47. The van der Waals surface area contributed by atoms with E-state index in [4.69, 9.17) is 4.74 Å². The SMILES string of the molecule is C[C@H]1O[C@H]1C(=O)NC(c1ccccc1)c1ccccc1. The van der Waals surface area contributed by atoms with E-state index >= 15 is 0 Å². The van der Waals surface area contributed by atoms with Crippen molar-refractivity contribution in [3.05, 3.63) is 71.8 Å². The molecule has 0 bridgehead atoms.